The third kappa shape index (κ3) is 4.08. The predicted octanol–water partition coefficient (Wildman–Crippen LogP) is 4.11. The van der Waals surface area contributed by atoms with E-state index in [1.807, 2.05) is 48.0 Å². The Morgan fingerprint density at radius 3 is 2.45 bits per heavy atom. The molecular formula is C21H19N3O3S2. The number of benzene rings is 2. The van der Waals surface area contributed by atoms with E-state index in [1.165, 1.54) is 23.5 Å². The Kier molecular flexibility index (Phi) is 4.97. The highest BCUT2D eigenvalue weighted by Crippen LogP contribution is 2.29. The molecule has 0 radical (unpaired) electrons. The molecular weight excluding hydrogens is 406 g/mol. The SMILES string of the molecule is Cc1nn(Cc2ccccc2)c2sc(C(=O)Nc3ccc(S(C)(=O)=O)cc3)cc12. The molecule has 2 aromatic heterocycles. The fraction of sp³-hybridized carbons (Fsp3) is 0.143. The smallest absolute Gasteiger partial charge is 0.265 e. The van der Waals surface area contributed by atoms with Crippen LogP contribution in [-0.4, -0.2) is 30.4 Å². The largest absolute Gasteiger partial charge is 0.321 e. The maximum absolute atomic E-state index is 12.7. The summed E-state index contributed by atoms with van der Waals surface area (Å²) in [6.07, 6.45) is 1.15. The molecule has 0 unspecified atom stereocenters. The van der Waals surface area contributed by atoms with Crippen LogP contribution in [0.25, 0.3) is 10.2 Å². The first kappa shape index (κ1) is 19.4. The molecule has 1 amide bonds. The Labute approximate surface area is 172 Å². The Morgan fingerprint density at radius 1 is 1.10 bits per heavy atom. The zero-order valence-electron chi connectivity index (χ0n) is 15.9. The fourth-order valence-electron chi connectivity index (χ4n) is 3.07. The minimum Gasteiger partial charge on any atom is -0.321 e. The van der Waals surface area contributed by atoms with Crippen molar-refractivity contribution in [3.63, 3.8) is 0 Å². The van der Waals surface area contributed by atoms with Crippen molar-refractivity contribution in [1.29, 1.82) is 0 Å². The quantitative estimate of drug-likeness (QED) is 0.522. The third-order valence-electron chi connectivity index (χ3n) is 4.55. The second-order valence-corrected chi connectivity index (χ2v) is 9.86. The molecule has 29 heavy (non-hydrogen) atoms. The summed E-state index contributed by atoms with van der Waals surface area (Å²) in [7, 11) is -3.27. The first-order valence-corrected chi connectivity index (χ1v) is 11.6. The normalized spacial score (nSPS) is 11.7. The number of carbonyl (C=O) groups excluding carboxylic acids is 1. The van der Waals surface area contributed by atoms with Crippen LogP contribution in [0.2, 0.25) is 0 Å². The van der Waals surface area contributed by atoms with Gasteiger partial charge in [-0.2, -0.15) is 5.10 Å². The van der Waals surface area contributed by atoms with Crippen LogP contribution in [0.3, 0.4) is 0 Å². The van der Waals surface area contributed by atoms with Crippen molar-refractivity contribution in [1.82, 2.24) is 9.78 Å². The molecule has 0 spiro atoms. The maximum atomic E-state index is 12.7. The number of thiophene rings is 1. The van der Waals surface area contributed by atoms with E-state index >= 15 is 0 Å². The number of hydrogen-bond donors (Lipinski definition) is 1. The molecule has 4 aromatic rings. The Bertz CT molecular complexity index is 1290. The van der Waals surface area contributed by atoms with Crippen molar-refractivity contribution in [2.24, 2.45) is 0 Å². The number of aryl methyl sites for hydroxylation is 1. The maximum Gasteiger partial charge on any atom is 0.265 e. The van der Waals surface area contributed by atoms with Gasteiger partial charge in [0.15, 0.2) is 9.84 Å². The van der Waals surface area contributed by atoms with Gasteiger partial charge in [-0.05, 0) is 42.8 Å². The zero-order chi connectivity index (χ0) is 20.6. The van der Waals surface area contributed by atoms with Crippen molar-refractivity contribution in [3.8, 4) is 0 Å². The first-order valence-electron chi connectivity index (χ1n) is 8.93. The molecule has 1 N–H and O–H groups in total. The predicted molar refractivity (Wildman–Crippen MR) is 115 cm³/mol. The molecule has 0 bridgehead atoms. The Hall–Kier alpha value is -2.97. The van der Waals surface area contributed by atoms with E-state index in [0.717, 1.165) is 27.7 Å². The fourth-order valence-corrected chi connectivity index (χ4v) is 4.75. The topological polar surface area (TPSA) is 81.1 Å². The number of carbonyl (C=O) groups is 1. The molecule has 2 heterocycles. The first-order chi connectivity index (χ1) is 13.8. The molecule has 0 aliphatic heterocycles. The average molecular weight is 426 g/mol. The molecule has 8 heteroatoms. The number of anilines is 1. The summed E-state index contributed by atoms with van der Waals surface area (Å²) in [6.45, 7) is 2.57. The van der Waals surface area contributed by atoms with Crippen LogP contribution < -0.4 is 5.32 Å². The van der Waals surface area contributed by atoms with E-state index in [-0.39, 0.29) is 10.8 Å². The molecule has 0 aliphatic rings. The zero-order valence-corrected chi connectivity index (χ0v) is 17.5. The lowest BCUT2D eigenvalue weighted by molar-refractivity contribution is 0.103. The second kappa shape index (κ2) is 7.46. The number of rotatable bonds is 5. The van der Waals surface area contributed by atoms with Crippen LogP contribution in [0, 0.1) is 6.92 Å². The van der Waals surface area contributed by atoms with E-state index < -0.39 is 9.84 Å². The van der Waals surface area contributed by atoms with Gasteiger partial charge in [0, 0.05) is 17.3 Å². The van der Waals surface area contributed by atoms with Gasteiger partial charge < -0.3 is 5.32 Å². The standard InChI is InChI=1S/C21H19N3O3S2/c1-14-18-12-19(20(25)22-16-8-10-17(11-9-16)29(2,26)27)28-21(18)24(23-14)13-15-6-4-3-5-7-15/h3-12H,13H2,1-2H3,(H,22,25). The van der Waals surface area contributed by atoms with Crippen molar-refractivity contribution >= 4 is 43.0 Å². The lowest BCUT2D eigenvalue weighted by atomic mass is 10.2. The van der Waals surface area contributed by atoms with Gasteiger partial charge in [0.2, 0.25) is 0 Å². The van der Waals surface area contributed by atoms with E-state index in [9.17, 15) is 13.2 Å². The molecule has 2 aromatic carbocycles. The Morgan fingerprint density at radius 2 is 1.79 bits per heavy atom. The average Bonchev–Trinajstić information content (AvgIpc) is 3.24. The number of hydrogen-bond acceptors (Lipinski definition) is 5. The van der Waals surface area contributed by atoms with Crippen LogP contribution in [0.5, 0.6) is 0 Å². The lowest BCUT2D eigenvalue weighted by Gasteiger charge is -2.05. The molecule has 0 aliphatic carbocycles. The van der Waals surface area contributed by atoms with Gasteiger partial charge in [0.1, 0.15) is 4.83 Å². The third-order valence-corrected chi connectivity index (χ3v) is 6.82. The number of nitrogens with one attached hydrogen (secondary N) is 1. The Balaban J connectivity index is 1.58. The number of aromatic nitrogens is 2. The van der Waals surface area contributed by atoms with Crippen molar-refractivity contribution in [2.75, 3.05) is 11.6 Å². The number of fused-ring (bicyclic) bond motifs is 1. The highest BCUT2D eigenvalue weighted by Gasteiger charge is 2.17. The summed E-state index contributed by atoms with van der Waals surface area (Å²) >= 11 is 1.39. The van der Waals surface area contributed by atoms with E-state index in [2.05, 4.69) is 10.4 Å². The molecule has 4 rings (SSSR count). The molecule has 0 saturated heterocycles. The highest BCUT2D eigenvalue weighted by atomic mass is 32.2. The van der Waals surface area contributed by atoms with Gasteiger partial charge in [-0.15, -0.1) is 11.3 Å². The van der Waals surface area contributed by atoms with E-state index in [4.69, 9.17) is 0 Å². The van der Waals surface area contributed by atoms with Gasteiger partial charge in [0.25, 0.3) is 5.91 Å². The highest BCUT2D eigenvalue weighted by molar-refractivity contribution is 7.90. The van der Waals surface area contributed by atoms with Crippen LogP contribution in [0.1, 0.15) is 20.9 Å². The second-order valence-electron chi connectivity index (χ2n) is 6.81. The summed E-state index contributed by atoms with van der Waals surface area (Å²) in [6, 6.07) is 18.0. The van der Waals surface area contributed by atoms with E-state index in [0.29, 0.717) is 17.1 Å². The van der Waals surface area contributed by atoms with Crippen LogP contribution in [0.15, 0.2) is 65.6 Å². The summed E-state index contributed by atoms with van der Waals surface area (Å²) in [5.41, 5.74) is 2.56. The summed E-state index contributed by atoms with van der Waals surface area (Å²) in [5, 5.41) is 8.39. The van der Waals surface area contributed by atoms with Gasteiger partial charge >= 0.3 is 0 Å². The molecule has 0 fully saturated rings. The monoisotopic (exact) mass is 425 g/mol. The van der Waals surface area contributed by atoms with Gasteiger partial charge in [-0.25, -0.2) is 8.42 Å². The summed E-state index contributed by atoms with van der Waals surface area (Å²) in [4.78, 5) is 14.4. The minimum absolute atomic E-state index is 0.217. The van der Waals surface area contributed by atoms with Crippen molar-refractivity contribution < 1.29 is 13.2 Å². The van der Waals surface area contributed by atoms with Gasteiger partial charge in [-0.1, -0.05) is 30.3 Å². The molecule has 0 atom stereocenters. The van der Waals surface area contributed by atoms with E-state index in [1.54, 1.807) is 12.1 Å². The summed E-state index contributed by atoms with van der Waals surface area (Å²) < 4.78 is 25.0. The van der Waals surface area contributed by atoms with Crippen LogP contribution >= 0.6 is 11.3 Å². The van der Waals surface area contributed by atoms with Crippen LogP contribution in [-0.2, 0) is 16.4 Å². The minimum atomic E-state index is -3.27. The van der Waals surface area contributed by atoms with Gasteiger partial charge in [-0.3, -0.25) is 9.48 Å². The molecule has 6 nitrogen and oxygen atoms in total. The molecule has 148 valence electrons. The lowest BCUT2D eigenvalue weighted by Crippen LogP contribution is -2.10. The van der Waals surface area contributed by atoms with Crippen molar-refractivity contribution in [3.05, 3.63) is 76.8 Å². The number of nitrogens with zero attached hydrogens (tertiary/aromatic N) is 2. The number of amides is 1. The molecule has 0 saturated carbocycles. The summed E-state index contributed by atoms with van der Waals surface area (Å²) in [5.74, 6) is -0.232. The van der Waals surface area contributed by atoms with Gasteiger partial charge in [0.05, 0.1) is 22.0 Å². The van der Waals surface area contributed by atoms with Crippen LogP contribution in [0.4, 0.5) is 5.69 Å². The number of sulfone groups is 1. The van der Waals surface area contributed by atoms with Crippen molar-refractivity contribution in [2.45, 2.75) is 18.4 Å².